The van der Waals surface area contributed by atoms with Crippen molar-refractivity contribution < 1.29 is 22.3 Å². The van der Waals surface area contributed by atoms with Crippen LogP contribution in [0, 0.1) is 0 Å². The lowest BCUT2D eigenvalue weighted by molar-refractivity contribution is -0.274. The molecule has 0 aromatic heterocycles. The zero-order chi connectivity index (χ0) is 13.1. The Labute approximate surface area is 96.4 Å². The number of benzene rings is 1. The fraction of sp³-hybridized carbons (Fsp3) is 0.455. The maximum atomic E-state index is 13.5. The molecule has 6 heteroatoms. The maximum absolute atomic E-state index is 13.5. The number of ether oxygens (including phenoxy) is 1. The summed E-state index contributed by atoms with van der Waals surface area (Å²) in [5.74, 6) is -0.324. The molecule has 0 saturated heterocycles. The van der Waals surface area contributed by atoms with E-state index in [0.717, 1.165) is 12.1 Å². The SMILES string of the molecule is CC(F)(CN)Cc1ccc(OC(F)(F)F)cc1. The van der Waals surface area contributed by atoms with Crippen molar-refractivity contribution in [2.45, 2.75) is 25.4 Å². The number of hydrogen-bond donors (Lipinski definition) is 1. The molecule has 0 aliphatic carbocycles. The van der Waals surface area contributed by atoms with Gasteiger partial charge in [0, 0.05) is 13.0 Å². The molecule has 1 aromatic carbocycles. The Bertz CT molecular complexity index is 359. The van der Waals surface area contributed by atoms with E-state index in [9.17, 15) is 17.6 Å². The number of halogens is 4. The van der Waals surface area contributed by atoms with Gasteiger partial charge in [-0.2, -0.15) is 0 Å². The van der Waals surface area contributed by atoms with Gasteiger partial charge in [0.1, 0.15) is 11.4 Å². The highest BCUT2D eigenvalue weighted by atomic mass is 19.4. The standard InChI is InChI=1S/C11H13F4NO/c1-10(12,7-16)6-8-2-4-9(5-3-8)17-11(13,14)15/h2-5H,6-7,16H2,1H3. The number of alkyl halides is 4. The normalized spacial score (nSPS) is 15.4. The summed E-state index contributed by atoms with van der Waals surface area (Å²) in [6, 6.07) is 5.06. The molecule has 0 amide bonds. The van der Waals surface area contributed by atoms with Gasteiger partial charge in [0.15, 0.2) is 0 Å². The van der Waals surface area contributed by atoms with Gasteiger partial charge in [0.05, 0.1) is 0 Å². The first-order valence-corrected chi connectivity index (χ1v) is 4.95. The highest BCUT2D eigenvalue weighted by molar-refractivity contribution is 5.28. The highest BCUT2D eigenvalue weighted by Crippen LogP contribution is 2.24. The van der Waals surface area contributed by atoms with Crippen molar-refractivity contribution >= 4 is 0 Å². The van der Waals surface area contributed by atoms with E-state index in [-0.39, 0.29) is 18.7 Å². The van der Waals surface area contributed by atoms with Gasteiger partial charge in [0.25, 0.3) is 0 Å². The van der Waals surface area contributed by atoms with Crippen LogP contribution in [0.3, 0.4) is 0 Å². The van der Waals surface area contributed by atoms with Gasteiger partial charge in [-0.3, -0.25) is 0 Å². The van der Waals surface area contributed by atoms with E-state index >= 15 is 0 Å². The molecule has 0 spiro atoms. The van der Waals surface area contributed by atoms with Crippen molar-refractivity contribution in [2.75, 3.05) is 6.54 Å². The van der Waals surface area contributed by atoms with Crippen LogP contribution in [0.2, 0.25) is 0 Å². The topological polar surface area (TPSA) is 35.2 Å². The molecule has 1 atom stereocenters. The summed E-state index contributed by atoms with van der Waals surface area (Å²) in [7, 11) is 0. The van der Waals surface area contributed by atoms with E-state index < -0.39 is 12.0 Å². The van der Waals surface area contributed by atoms with Gasteiger partial charge in [-0.1, -0.05) is 12.1 Å². The molecule has 1 rings (SSSR count). The van der Waals surface area contributed by atoms with Gasteiger partial charge in [-0.15, -0.1) is 13.2 Å². The molecule has 96 valence electrons. The number of rotatable bonds is 4. The summed E-state index contributed by atoms with van der Waals surface area (Å²) in [5.41, 5.74) is 4.22. The van der Waals surface area contributed by atoms with Gasteiger partial charge in [-0.05, 0) is 24.6 Å². The summed E-state index contributed by atoms with van der Waals surface area (Å²) in [5, 5.41) is 0. The predicted molar refractivity (Wildman–Crippen MR) is 55.4 cm³/mol. The fourth-order valence-electron chi connectivity index (χ4n) is 1.31. The Morgan fingerprint density at radius 2 is 1.65 bits per heavy atom. The van der Waals surface area contributed by atoms with E-state index in [2.05, 4.69) is 4.74 Å². The maximum Gasteiger partial charge on any atom is 0.573 e. The Morgan fingerprint density at radius 1 is 1.12 bits per heavy atom. The molecule has 1 aromatic rings. The lowest BCUT2D eigenvalue weighted by atomic mass is 9.98. The molecule has 0 radical (unpaired) electrons. The third-order valence-electron chi connectivity index (χ3n) is 2.16. The Balaban J connectivity index is 2.69. The first kappa shape index (κ1) is 13.8. The smallest absolute Gasteiger partial charge is 0.406 e. The van der Waals surface area contributed by atoms with Crippen LogP contribution in [-0.4, -0.2) is 18.6 Å². The summed E-state index contributed by atoms with van der Waals surface area (Å²) >= 11 is 0. The molecule has 0 bridgehead atoms. The monoisotopic (exact) mass is 251 g/mol. The van der Waals surface area contributed by atoms with Gasteiger partial charge >= 0.3 is 6.36 Å². The van der Waals surface area contributed by atoms with Crippen molar-refractivity contribution in [3.05, 3.63) is 29.8 Å². The van der Waals surface area contributed by atoms with Crippen LogP contribution in [0.25, 0.3) is 0 Å². The van der Waals surface area contributed by atoms with Gasteiger partial charge in [-0.25, -0.2) is 4.39 Å². The third kappa shape index (κ3) is 5.04. The molecule has 1 unspecified atom stereocenters. The van der Waals surface area contributed by atoms with Gasteiger partial charge < -0.3 is 10.5 Å². The summed E-state index contributed by atoms with van der Waals surface area (Å²) in [4.78, 5) is 0. The largest absolute Gasteiger partial charge is 0.573 e. The second kappa shape index (κ2) is 4.91. The molecule has 0 heterocycles. The van der Waals surface area contributed by atoms with Crippen LogP contribution in [0.1, 0.15) is 12.5 Å². The Morgan fingerprint density at radius 3 is 2.06 bits per heavy atom. The first-order chi connectivity index (χ1) is 7.72. The summed E-state index contributed by atoms with van der Waals surface area (Å²) in [6.07, 6.45) is -4.66. The quantitative estimate of drug-likeness (QED) is 0.835. The Kier molecular flexibility index (Phi) is 3.98. The molecular formula is C11H13F4NO. The van der Waals surface area contributed by atoms with E-state index in [0.29, 0.717) is 5.56 Å². The van der Waals surface area contributed by atoms with Gasteiger partial charge in [0.2, 0.25) is 0 Å². The van der Waals surface area contributed by atoms with Crippen LogP contribution < -0.4 is 10.5 Å². The van der Waals surface area contributed by atoms with Crippen LogP contribution in [-0.2, 0) is 6.42 Å². The van der Waals surface area contributed by atoms with Crippen molar-refractivity contribution in [1.29, 1.82) is 0 Å². The zero-order valence-electron chi connectivity index (χ0n) is 9.22. The van der Waals surface area contributed by atoms with E-state index in [1.807, 2.05) is 0 Å². The molecular weight excluding hydrogens is 238 g/mol. The Hall–Kier alpha value is -1.30. The second-order valence-corrected chi connectivity index (χ2v) is 3.99. The molecule has 0 aliphatic rings. The lowest BCUT2D eigenvalue weighted by Gasteiger charge is -2.18. The molecule has 0 saturated carbocycles. The van der Waals surface area contributed by atoms with E-state index in [1.54, 1.807) is 0 Å². The van der Waals surface area contributed by atoms with Crippen LogP contribution in [0.15, 0.2) is 24.3 Å². The van der Waals surface area contributed by atoms with Crippen LogP contribution >= 0.6 is 0 Å². The lowest BCUT2D eigenvalue weighted by Crippen LogP contribution is -2.31. The minimum absolute atomic E-state index is 0.0514. The summed E-state index contributed by atoms with van der Waals surface area (Å²) < 4.78 is 52.8. The van der Waals surface area contributed by atoms with E-state index in [4.69, 9.17) is 5.73 Å². The van der Waals surface area contributed by atoms with Crippen molar-refractivity contribution in [3.63, 3.8) is 0 Å². The molecule has 17 heavy (non-hydrogen) atoms. The molecule has 2 nitrogen and oxygen atoms in total. The molecule has 0 aliphatic heterocycles. The van der Waals surface area contributed by atoms with Crippen LogP contribution in [0.5, 0.6) is 5.75 Å². The highest BCUT2D eigenvalue weighted by Gasteiger charge is 2.31. The molecule has 0 fully saturated rings. The predicted octanol–water partition coefficient (Wildman–Crippen LogP) is 2.81. The average molecular weight is 251 g/mol. The van der Waals surface area contributed by atoms with Crippen molar-refractivity contribution in [1.82, 2.24) is 0 Å². The minimum Gasteiger partial charge on any atom is -0.406 e. The zero-order valence-corrected chi connectivity index (χ0v) is 9.22. The minimum atomic E-state index is -4.71. The van der Waals surface area contributed by atoms with E-state index in [1.165, 1.54) is 19.1 Å². The second-order valence-electron chi connectivity index (χ2n) is 3.99. The van der Waals surface area contributed by atoms with Crippen molar-refractivity contribution in [3.8, 4) is 5.75 Å². The average Bonchev–Trinajstić information content (AvgIpc) is 2.19. The third-order valence-corrected chi connectivity index (χ3v) is 2.16. The van der Waals surface area contributed by atoms with Crippen LogP contribution in [0.4, 0.5) is 17.6 Å². The summed E-state index contributed by atoms with van der Waals surface area (Å²) in [6.45, 7) is 1.20. The molecule has 2 N–H and O–H groups in total. The first-order valence-electron chi connectivity index (χ1n) is 4.95. The van der Waals surface area contributed by atoms with Crippen molar-refractivity contribution in [2.24, 2.45) is 5.73 Å². The fourth-order valence-corrected chi connectivity index (χ4v) is 1.31. The number of nitrogens with two attached hydrogens (primary N) is 1. The number of hydrogen-bond acceptors (Lipinski definition) is 2.